The van der Waals surface area contributed by atoms with Crippen molar-refractivity contribution in [1.29, 1.82) is 0 Å². The van der Waals surface area contributed by atoms with Gasteiger partial charge in [0.15, 0.2) is 0 Å². The van der Waals surface area contributed by atoms with Crippen molar-refractivity contribution in [2.45, 2.75) is 148 Å². The summed E-state index contributed by atoms with van der Waals surface area (Å²) in [7, 11) is 0. The SMILES string of the molecule is CC1(C)CCC(C)(C)c2cc(CCCCCCCC/C=C\CCCCCCCC(=O)O)ccc21. The predicted octanol–water partition coefficient (Wildman–Crippen LogP) is 9.68. The van der Waals surface area contributed by atoms with Crippen LogP contribution in [0.1, 0.15) is 147 Å². The molecule has 2 heteroatoms. The number of aryl methyl sites for hydroxylation is 1. The Hall–Kier alpha value is -1.57. The highest BCUT2D eigenvalue weighted by Gasteiger charge is 2.36. The smallest absolute Gasteiger partial charge is 0.303 e. The molecule has 1 aliphatic carbocycles. The van der Waals surface area contributed by atoms with Gasteiger partial charge >= 0.3 is 5.97 Å². The second kappa shape index (κ2) is 14.7. The fourth-order valence-electron chi connectivity index (χ4n) is 5.39. The lowest BCUT2D eigenvalue weighted by Gasteiger charge is -2.42. The number of unbranched alkanes of at least 4 members (excludes halogenated alkanes) is 11. The number of hydrogen-bond donors (Lipinski definition) is 1. The number of hydrogen-bond acceptors (Lipinski definition) is 1. The van der Waals surface area contributed by atoms with Crippen molar-refractivity contribution in [2.75, 3.05) is 0 Å². The number of allylic oxidation sites excluding steroid dienone is 2. The molecule has 1 aliphatic rings. The van der Waals surface area contributed by atoms with Crippen LogP contribution in [0.3, 0.4) is 0 Å². The van der Waals surface area contributed by atoms with Crippen molar-refractivity contribution >= 4 is 5.97 Å². The fraction of sp³-hybridized carbons (Fsp3) is 0.719. The normalized spacial score (nSPS) is 16.6. The average molecular weight is 469 g/mol. The standard InChI is InChI=1S/C32H52O2/c1-31(2)24-25-32(3,4)29-26-27(22-23-28(29)31)20-18-16-14-12-10-8-6-5-7-9-11-13-15-17-19-21-30(33)34/h5,7,22-23,26H,6,8-21,24-25H2,1-4H3,(H,33,34)/b7-5-. The topological polar surface area (TPSA) is 37.3 Å². The molecule has 0 radical (unpaired) electrons. The Morgan fingerprint density at radius 3 is 1.82 bits per heavy atom. The number of benzene rings is 1. The Morgan fingerprint density at radius 1 is 0.735 bits per heavy atom. The predicted molar refractivity (Wildman–Crippen MR) is 147 cm³/mol. The Labute approximate surface area is 210 Å². The van der Waals surface area contributed by atoms with E-state index in [-0.39, 0.29) is 0 Å². The first-order valence-electron chi connectivity index (χ1n) is 14.2. The number of carboxylic acids is 1. The highest BCUT2D eigenvalue weighted by atomic mass is 16.4. The largest absolute Gasteiger partial charge is 0.481 e. The number of fused-ring (bicyclic) bond motifs is 1. The van der Waals surface area contributed by atoms with Gasteiger partial charge in [0, 0.05) is 6.42 Å². The van der Waals surface area contributed by atoms with E-state index >= 15 is 0 Å². The maximum absolute atomic E-state index is 10.5. The molecular formula is C32H52O2. The number of rotatable bonds is 17. The van der Waals surface area contributed by atoms with E-state index in [1.807, 2.05) is 0 Å². The summed E-state index contributed by atoms with van der Waals surface area (Å²) in [5.41, 5.74) is 5.36. The first kappa shape index (κ1) is 28.7. The van der Waals surface area contributed by atoms with Gasteiger partial charge in [0.05, 0.1) is 0 Å². The van der Waals surface area contributed by atoms with Crippen molar-refractivity contribution in [3.05, 3.63) is 47.0 Å². The van der Waals surface area contributed by atoms with Crippen molar-refractivity contribution in [1.82, 2.24) is 0 Å². The van der Waals surface area contributed by atoms with E-state index in [4.69, 9.17) is 5.11 Å². The molecular weight excluding hydrogens is 416 g/mol. The van der Waals surface area contributed by atoms with Crippen LogP contribution in [0.15, 0.2) is 30.4 Å². The summed E-state index contributed by atoms with van der Waals surface area (Å²) in [6.45, 7) is 9.67. The van der Waals surface area contributed by atoms with Gasteiger partial charge < -0.3 is 5.11 Å². The minimum absolute atomic E-state index is 0.318. The van der Waals surface area contributed by atoms with Crippen LogP contribution in [0, 0.1) is 0 Å². The van der Waals surface area contributed by atoms with Crippen LogP contribution in [0.2, 0.25) is 0 Å². The van der Waals surface area contributed by atoms with Crippen LogP contribution in [0.5, 0.6) is 0 Å². The van der Waals surface area contributed by atoms with Gasteiger partial charge in [-0.25, -0.2) is 0 Å². The Bertz CT molecular complexity index is 756. The molecule has 2 nitrogen and oxygen atoms in total. The van der Waals surface area contributed by atoms with E-state index in [0.717, 1.165) is 12.8 Å². The maximum Gasteiger partial charge on any atom is 0.303 e. The molecule has 0 atom stereocenters. The lowest BCUT2D eigenvalue weighted by Crippen LogP contribution is -2.33. The summed E-state index contributed by atoms with van der Waals surface area (Å²) in [5.74, 6) is -0.665. The van der Waals surface area contributed by atoms with E-state index in [1.165, 1.54) is 95.5 Å². The molecule has 0 bridgehead atoms. The van der Waals surface area contributed by atoms with Gasteiger partial charge in [0.1, 0.15) is 0 Å². The number of carboxylic acid groups (broad SMARTS) is 1. The van der Waals surface area contributed by atoms with E-state index in [2.05, 4.69) is 58.0 Å². The molecule has 1 N–H and O–H groups in total. The fourth-order valence-corrected chi connectivity index (χ4v) is 5.39. The molecule has 2 rings (SSSR count). The molecule has 0 amide bonds. The van der Waals surface area contributed by atoms with Crippen LogP contribution < -0.4 is 0 Å². The summed E-state index contributed by atoms with van der Waals surface area (Å²) < 4.78 is 0. The molecule has 1 aromatic carbocycles. The number of carbonyl (C=O) groups is 1. The Balaban J connectivity index is 1.48. The van der Waals surface area contributed by atoms with Crippen LogP contribution in [0.4, 0.5) is 0 Å². The molecule has 0 aliphatic heterocycles. The average Bonchev–Trinajstić information content (AvgIpc) is 2.79. The molecule has 34 heavy (non-hydrogen) atoms. The monoisotopic (exact) mass is 468 g/mol. The molecule has 0 fully saturated rings. The summed E-state index contributed by atoms with van der Waals surface area (Å²) in [5, 5.41) is 8.62. The number of aliphatic carboxylic acids is 1. The van der Waals surface area contributed by atoms with Crippen LogP contribution in [-0.2, 0) is 22.0 Å². The summed E-state index contributed by atoms with van der Waals surface area (Å²) in [4.78, 5) is 10.5. The molecule has 0 spiro atoms. The van der Waals surface area contributed by atoms with Gasteiger partial charge in [-0.15, -0.1) is 0 Å². The molecule has 0 saturated heterocycles. The van der Waals surface area contributed by atoms with Crippen molar-refractivity contribution in [3.63, 3.8) is 0 Å². The Morgan fingerprint density at radius 2 is 1.24 bits per heavy atom. The molecule has 0 unspecified atom stereocenters. The summed E-state index contributed by atoms with van der Waals surface area (Å²) >= 11 is 0. The molecule has 192 valence electrons. The first-order chi connectivity index (χ1) is 16.2. The molecule has 1 aromatic rings. The third-order valence-corrected chi connectivity index (χ3v) is 7.93. The van der Waals surface area contributed by atoms with Crippen LogP contribution >= 0.6 is 0 Å². The van der Waals surface area contributed by atoms with Gasteiger partial charge in [-0.2, -0.15) is 0 Å². The minimum Gasteiger partial charge on any atom is -0.481 e. The lowest BCUT2D eigenvalue weighted by molar-refractivity contribution is -0.137. The minimum atomic E-state index is -0.665. The van der Waals surface area contributed by atoms with Crippen molar-refractivity contribution in [2.24, 2.45) is 0 Å². The van der Waals surface area contributed by atoms with E-state index < -0.39 is 5.97 Å². The first-order valence-corrected chi connectivity index (χ1v) is 14.2. The van der Waals surface area contributed by atoms with Gasteiger partial charge in [-0.3, -0.25) is 4.79 Å². The van der Waals surface area contributed by atoms with Crippen LogP contribution in [0.25, 0.3) is 0 Å². The van der Waals surface area contributed by atoms with Gasteiger partial charge in [-0.1, -0.05) is 103 Å². The molecule has 0 heterocycles. The molecule has 0 aromatic heterocycles. The van der Waals surface area contributed by atoms with Crippen molar-refractivity contribution < 1.29 is 9.90 Å². The third kappa shape index (κ3) is 10.4. The maximum atomic E-state index is 10.5. The third-order valence-electron chi connectivity index (χ3n) is 7.93. The highest BCUT2D eigenvalue weighted by Crippen LogP contribution is 2.45. The quantitative estimate of drug-likeness (QED) is 0.182. The van der Waals surface area contributed by atoms with Crippen molar-refractivity contribution in [3.8, 4) is 0 Å². The van der Waals surface area contributed by atoms with E-state index in [0.29, 0.717) is 17.3 Å². The Kier molecular flexibility index (Phi) is 12.4. The zero-order valence-electron chi connectivity index (χ0n) is 22.8. The van der Waals surface area contributed by atoms with Crippen LogP contribution in [-0.4, -0.2) is 11.1 Å². The van der Waals surface area contributed by atoms with Gasteiger partial charge in [0.2, 0.25) is 0 Å². The van der Waals surface area contributed by atoms with Gasteiger partial charge in [0.25, 0.3) is 0 Å². The lowest BCUT2D eigenvalue weighted by atomic mass is 9.63. The zero-order valence-corrected chi connectivity index (χ0v) is 22.8. The highest BCUT2D eigenvalue weighted by molar-refractivity contribution is 5.66. The van der Waals surface area contributed by atoms with E-state index in [1.54, 1.807) is 11.1 Å². The zero-order chi connectivity index (χ0) is 24.9. The summed E-state index contributed by atoms with van der Waals surface area (Å²) in [6, 6.07) is 7.36. The van der Waals surface area contributed by atoms with E-state index in [9.17, 15) is 4.79 Å². The summed E-state index contributed by atoms with van der Waals surface area (Å²) in [6.07, 6.45) is 24.9. The molecule has 0 saturated carbocycles. The second-order valence-electron chi connectivity index (χ2n) is 12.0. The van der Waals surface area contributed by atoms with Gasteiger partial charge in [-0.05, 0) is 85.3 Å². The second-order valence-corrected chi connectivity index (χ2v) is 12.0.